The van der Waals surface area contributed by atoms with Crippen LogP contribution in [0.1, 0.15) is 174 Å². The maximum Gasteiger partial charge on any atom is 0.149 e. The van der Waals surface area contributed by atoms with Crippen molar-refractivity contribution in [1.29, 1.82) is 0 Å². The number of aromatic nitrogens is 3. The number of phenols is 1. The molecule has 0 bridgehead atoms. The zero-order valence-electron chi connectivity index (χ0n) is 68.3. The Bertz CT molecular complexity index is 4210. The Hall–Kier alpha value is -6.26. The van der Waals surface area contributed by atoms with Crippen molar-refractivity contribution in [3.05, 3.63) is 167 Å². The van der Waals surface area contributed by atoms with E-state index in [1.165, 1.54) is 22.9 Å². The van der Waals surface area contributed by atoms with Crippen molar-refractivity contribution in [3.63, 3.8) is 0 Å². The first kappa shape index (κ1) is 21.6. The molecule has 1 N–H and O–H groups in total. The molecule has 0 aliphatic carbocycles. The third-order valence-corrected chi connectivity index (χ3v) is 11.5. The average molecular weight is 903 g/mol. The van der Waals surface area contributed by atoms with E-state index in [-0.39, 0.29) is 39.6 Å². The molecule has 0 fully saturated rings. The summed E-state index contributed by atoms with van der Waals surface area (Å²) in [6, 6.07) is 23.3. The molecule has 0 saturated heterocycles. The van der Waals surface area contributed by atoms with Gasteiger partial charge in [-0.15, -0.1) is 0 Å². The van der Waals surface area contributed by atoms with E-state index in [1.807, 2.05) is 71.9 Å². The van der Waals surface area contributed by atoms with E-state index in [4.69, 9.17) is 44.7 Å². The molecule has 8 rings (SSSR count). The quantitative estimate of drug-likeness (QED) is 0.181. The maximum atomic E-state index is 13.1. The summed E-state index contributed by atoms with van der Waals surface area (Å²) in [4.78, 5) is 9.71. The monoisotopic (exact) mass is 903 g/mol. The van der Waals surface area contributed by atoms with Gasteiger partial charge < -0.3 is 5.11 Å². The lowest BCUT2D eigenvalue weighted by molar-refractivity contribution is 0.446. The maximum absolute atomic E-state index is 13.1. The second-order valence-corrected chi connectivity index (χ2v) is 18.7. The van der Waals surface area contributed by atoms with E-state index in [2.05, 4.69) is 4.98 Å². The first-order chi connectivity index (χ1) is 43.7. The summed E-state index contributed by atoms with van der Waals surface area (Å²) >= 11 is 0. The molecule has 0 unspecified atom stereocenters. The highest BCUT2D eigenvalue weighted by atomic mass is 16.3. The van der Waals surface area contributed by atoms with Gasteiger partial charge in [-0.05, 0) is 126 Å². The van der Waals surface area contributed by atoms with Gasteiger partial charge in [0.2, 0.25) is 0 Å². The smallest absolute Gasteiger partial charge is 0.149 e. The minimum Gasteiger partial charge on any atom is -0.507 e. The second-order valence-electron chi connectivity index (χ2n) is 18.7. The highest BCUT2D eigenvalue weighted by molar-refractivity contribution is 5.97. The van der Waals surface area contributed by atoms with Gasteiger partial charge in [-0.3, -0.25) is 9.55 Å². The van der Waals surface area contributed by atoms with Gasteiger partial charge in [-0.1, -0.05) is 188 Å². The molecule has 2 aromatic heterocycles. The van der Waals surface area contributed by atoms with Crippen LogP contribution in [0.5, 0.6) is 5.75 Å². The molecule has 4 nitrogen and oxygen atoms in total. The molecule has 8 aromatic rings. The Morgan fingerprint density at radius 3 is 1.82 bits per heavy atom. The fourth-order valence-corrected chi connectivity index (χ4v) is 8.00. The van der Waals surface area contributed by atoms with E-state index in [0.29, 0.717) is 28.3 Å². The standard InChI is InChI=1S/C62H69N3O/c1-58(2,3)44-26-24-39(25-27-44)41-30-31-63-53(35-41)43-32-42(33-45(34-43)59(4,5)6)49-22-19-23-54-55(49)64-57(50-36-46(60(7,8)9)37-52(56(50)66)62(13,14)15)65(54)47-28-29-48(40-20-17-16-18-21-40)51(38-47)61(10,11)12/h16-38,66H,1-15H3/i1D3,2D3,3D3,7D3,8D3,9D3,13D3,14D3,15D3,24D,25D,26D,27D. The fourth-order valence-electron chi connectivity index (χ4n) is 8.00. The molecule has 6 aromatic carbocycles. The van der Waals surface area contributed by atoms with Crippen LogP contribution in [-0.2, 0) is 27.1 Å². The van der Waals surface area contributed by atoms with Crippen LogP contribution in [-0.4, -0.2) is 19.6 Å². The zero-order chi connectivity index (χ0) is 73.7. The molecule has 0 atom stereocenters. The molecule has 2 heterocycles. The Morgan fingerprint density at radius 2 is 1.15 bits per heavy atom. The molecule has 0 radical (unpaired) electrons. The van der Waals surface area contributed by atoms with Gasteiger partial charge in [-0.2, -0.15) is 0 Å². The van der Waals surface area contributed by atoms with Gasteiger partial charge in [0.25, 0.3) is 0 Å². The molecule has 0 aliphatic heterocycles. The van der Waals surface area contributed by atoms with Crippen LogP contribution in [0, 0.1) is 0 Å². The first-order valence-electron chi connectivity index (χ1n) is 36.6. The third-order valence-electron chi connectivity index (χ3n) is 11.5. The second kappa shape index (κ2) is 16.6. The lowest BCUT2D eigenvalue weighted by Crippen LogP contribution is -2.17. The van der Waals surface area contributed by atoms with Crippen LogP contribution in [0.25, 0.3) is 72.7 Å². The summed E-state index contributed by atoms with van der Waals surface area (Å²) in [5, 5.41) is 13.1. The van der Waals surface area contributed by atoms with Crippen molar-refractivity contribution in [2.75, 3.05) is 0 Å². The van der Waals surface area contributed by atoms with Gasteiger partial charge in [0.15, 0.2) is 0 Å². The van der Waals surface area contributed by atoms with Crippen LogP contribution in [0.2, 0.25) is 0 Å². The Labute approximate surface area is 438 Å². The Kier molecular flexibility index (Phi) is 5.41. The van der Waals surface area contributed by atoms with Crippen molar-refractivity contribution in [3.8, 4) is 67.5 Å². The highest BCUT2D eigenvalue weighted by Gasteiger charge is 2.30. The lowest BCUT2D eigenvalue weighted by atomic mass is 9.78. The summed E-state index contributed by atoms with van der Waals surface area (Å²) in [5.41, 5.74) is -15.4. The van der Waals surface area contributed by atoms with Crippen molar-refractivity contribution in [2.24, 2.45) is 0 Å². The van der Waals surface area contributed by atoms with E-state index in [9.17, 15) is 7.85 Å². The topological polar surface area (TPSA) is 50.9 Å². The number of hydrogen-bond donors (Lipinski definition) is 1. The number of pyridine rings is 1. The zero-order valence-corrected chi connectivity index (χ0v) is 37.3. The fraction of sp³-hybridized carbons (Fsp3) is 0.323. The minimum absolute atomic E-state index is 0.0135. The molecule has 0 amide bonds. The average Bonchev–Trinajstić information content (AvgIpc) is 0.952. The van der Waals surface area contributed by atoms with E-state index in [0.717, 1.165) is 11.1 Å². The van der Waals surface area contributed by atoms with Gasteiger partial charge >= 0.3 is 0 Å². The predicted molar refractivity (Wildman–Crippen MR) is 281 cm³/mol. The molecule has 0 saturated carbocycles. The number of nitrogens with zero attached hydrogens (tertiary/aromatic N) is 3. The van der Waals surface area contributed by atoms with Crippen LogP contribution >= 0.6 is 0 Å². The van der Waals surface area contributed by atoms with Crippen molar-refractivity contribution in [1.82, 2.24) is 14.5 Å². The van der Waals surface area contributed by atoms with Crippen molar-refractivity contribution in [2.45, 2.75) is 130 Å². The number of imidazole rings is 1. The van der Waals surface area contributed by atoms with Crippen LogP contribution in [0.15, 0.2) is 140 Å². The highest BCUT2D eigenvalue weighted by Crippen LogP contribution is 2.46. The van der Waals surface area contributed by atoms with Crippen molar-refractivity contribution < 1.29 is 47.6 Å². The summed E-state index contributed by atoms with van der Waals surface area (Å²) in [6.07, 6.45) is 1.25. The summed E-state index contributed by atoms with van der Waals surface area (Å²) in [5.74, 6) is -2.02. The first-order valence-corrected chi connectivity index (χ1v) is 21.1. The number of aromatic hydroxyl groups is 1. The normalized spacial score (nSPS) is 21.5. The van der Waals surface area contributed by atoms with E-state index < -0.39 is 152 Å². The van der Waals surface area contributed by atoms with Crippen LogP contribution in [0.4, 0.5) is 0 Å². The largest absolute Gasteiger partial charge is 0.507 e. The number of benzene rings is 6. The van der Waals surface area contributed by atoms with Crippen LogP contribution < -0.4 is 0 Å². The van der Waals surface area contributed by atoms with Crippen LogP contribution in [0.3, 0.4) is 0 Å². The number of phenolic OH excluding ortho intramolecular Hbond substituents is 1. The summed E-state index contributed by atoms with van der Waals surface area (Å²) in [6.45, 7) is -25.6. The molecule has 4 heteroatoms. The summed E-state index contributed by atoms with van der Waals surface area (Å²) in [7, 11) is 0. The molecule has 66 heavy (non-hydrogen) atoms. The molecule has 0 aliphatic rings. The third kappa shape index (κ3) is 9.12. The number of fused-ring (bicyclic) bond motifs is 1. The Morgan fingerprint density at radius 1 is 0.485 bits per heavy atom. The number of rotatable bonds is 6. The number of hydrogen-bond acceptors (Lipinski definition) is 3. The molecule has 338 valence electrons. The van der Waals surface area contributed by atoms with Gasteiger partial charge in [-0.25, -0.2) is 4.98 Å². The van der Waals surface area contributed by atoms with E-state index in [1.54, 1.807) is 54.6 Å². The summed E-state index contributed by atoms with van der Waals surface area (Å²) < 4.78 is 271. The predicted octanol–water partition coefficient (Wildman–Crippen LogP) is 16.9. The molecular formula is C62H69N3O. The minimum atomic E-state index is -4.24. The van der Waals surface area contributed by atoms with Crippen molar-refractivity contribution >= 4 is 11.0 Å². The molecular weight excluding hydrogens is 803 g/mol. The van der Waals surface area contributed by atoms with Gasteiger partial charge in [0.1, 0.15) is 11.6 Å². The lowest BCUT2D eigenvalue weighted by Gasteiger charge is -2.28. The Balaban J connectivity index is 1.55. The van der Waals surface area contributed by atoms with E-state index >= 15 is 0 Å². The van der Waals surface area contributed by atoms with Gasteiger partial charge in [0.05, 0.1) is 27.8 Å². The van der Waals surface area contributed by atoms with Gasteiger partial charge in [0, 0.05) is 65.6 Å². The number of para-hydroxylation sites is 1. The molecule has 0 spiro atoms. The SMILES string of the molecule is [2H]c1c([2H])c(C(C([2H])([2H])[2H])(C([2H])([2H])[2H])C([2H])([2H])[2H])c([2H])c([2H])c1-c1ccnc(-c2cc(-c3cccc4c3nc(-c3cc(C(C([2H])([2H])[2H])(C([2H])([2H])[2H])C([2H])([2H])[2H])cc(C(C([2H])([2H])[2H])(C([2H])([2H])[2H])C([2H])([2H])[2H])c3O)n4-c3ccc(-c4ccccc4)c(C(C)(C)C)c3)cc(C(C)(C)C)c2)c1.